The van der Waals surface area contributed by atoms with Gasteiger partial charge < -0.3 is 10.6 Å². The Labute approximate surface area is 111 Å². The van der Waals surface area contributed by atoms with Crippen molar-refractivity contribution in [1.82, 2.24) is 15.3 Å². The number of hydrogen-bond acceptors (Lipinski definition) is 4. The summed E-state index contributed by atoms with van der Waals surface area (Å²) in [6.07, 6.45) is -3.68. The zero-order valence-electron chi connectivity index (χ0n) is 9.59. The van der Waals surface area contributed by atoms with E-state index in [4.69, 9.17) is 11.6 Å². The normalized spacial score (nSPS) is 23.4. The van der Waals surface area contributed by atoms with Crippen LogP contribution in [0.5, 0.6) is 0 Å². The molecule has 1 aromatic heterocycles. The molecule has 0 radical (unpaired) electrons. The molecule has 9 heteroatoms. The van der Waals surface area contributed by atoms with E-state index in [0.717, 1.165) is 0 Å². The highest BCUT2D eigenvalue weighted by Gasteiger charge is 2.61. The van der Waals surface area contributed by atoms with E-state index in [1.807, 2.05) is 0 Å². The van der Waals surface area contributed by atoms with E-state index in [1.54, 1.807) is 0 Å². The number of hydrogen-bond donors (Lipinski definition) is 2. The van der Waals surface area contributed by atoms with Gasteiger partial charge in [0.15, 0.2) is 5.41 Å². The van der Waals surface area contributed by atoms with Gasteiger partial charge in [-0.3, -0.25) is 4.79 Å². The van der Waals surface area contributed by atoms with Crippen LogP contribution in [0.1, 0.15) is 6.42 Å². The number of carbonyl (C=O) groups excluding carboxylic acids is 1. The van der Waals surface area contributed by atoms with Gasteiger partial charge >= 0.3 is 6.18 Å². The molecule has 0 spiro atoms. The van der Waals surface area contributed by atoms with Crippen molar-refractivity contribution in [3.05, 3.63) is 17.5 Å². The highest BCUT2D eigenvalue weighted by atomic mass is 35.5. The predicted molar refractivity (Wildman–Crippen MR) is 61.6 cm³/mol. The third-order valence-corrected chi connectivity index (χ3v) is 3.18. The molecule has 1 aromatic rings. The summed E-state index contributed by atoms with van der Waals surface area (Å²) in [5, 5.41) is 4.55. The fourth-order valence-electron chi connectivity index (χ4n) is 1.90. The molecule has 1 atom stereocenters. The average molecular weight is 295 g/mol. The number of rotatable bonds is 2. The molecule has 1 amide bonds. The Balaban J connectivity index is 2.22. The monoisotopic (exact) mass is 294 g/mol. The van der Waals surface area contributed by atoms with Crippen LogP contribution < -0.4 is 10.6 Å². The van der Waals surface area contributed by atoms with Crippen molar-refractivity contribution in [2.45, 2.75) is 12.6 Å². The minimum Gasteiger partial charge on any atom is -0.315 e. The highest BCUT2D eigenvalue weighted by molar-refractivity contribution is 6.28. The maximum absolute atomic E-state index is 13.1. The molecule has 0 aliphatic carbocycles. The van der Waals surface area contributed by atoms with E-state index in [-0.39, 0.29) is 24.1 Å². The van der Waals surface area contributed by atoms with Crippen LogP contribution in [0.4, 0.5) is 19.0 Å². The minimum absolute atomic E-state index is 0.0551. The smallest absolute Gasteiger partial charge is 0.315 e. The van der Waals surface area contributed by atoms with E-state index >= 15 is 0 Å². The van der Waals surface area contributed by atoms with Gasteiger partial charge in [0.05, 0.1) is 0 Å². The van der Waals surface area contributed by atoms with Crippen LogP contribution in [0.2, 0.25) is 5.28 Å². The van der Waals surface area contributed by atoms with Crippen LogP contribution >= 0.6 is 11.6 Å². The lowest BCUT2D eigenvalue weighted by molar-refractivity contribution is -0.213. The Bertz CT molecular complexity index is 488. The molecule has 104 valence electrons. The topological polar surface area (TPSA) is 66.9 Å². The third kappa shape index (κ3) is 2.64. The fraction of sp³-hybridized carbons (Fsp3) is 0.500. The Hall–Kier alpha value is -1.41. The molecule has 2 heterocycles. The van der Waals surface area contributed by atoms with Crippen LogP contribution in [0, 0.1) is 5.41 Å². The largest absolute Gasteiger partial charge is 0.404 e. The third-order valence-electron chi connectivity index (χ3n) is 3.00. The second kappa shape index (κ2) is 4.93. The van der Waals surface area contributed by atoms with Crippen molar-refractivity contribution in [2.75, 3.05) is 18.4 Å². The Kier molecular flexibility index (Phi) is 3.64. The Morgan fingerprint density at radius 2 is 2.26 bits per heavy atom. The average Bonchev–Trinajstić information content (AvgIpc) is 2.78. The molecule has 1 saturated heterocycles. The first-order valence-electron chi connectivity index (χ1n) is 5.43. The van der Waals surface area contributed by atoms with Crippen molar-refractivity contribution in [3.8, 4) is 0 Å². The van der Waals surface area contributed by atoms with Gasteiger partial charge in [-0.1, -0.05) is 0 Å². The van der Waals surface area contributed by atoms with E-state index in [1.165, 1.54) is 12.3 Å². The molecular formula is C10H10ClF3N4O. The molecule has 0 aromatic carbocycles. The van der Waals surface area contributed by atoms with Gasteiger partial charge in [-0.25, -0.2) is 9.97 Å². The summed E-state index contributed by atoms with van der Waals surface area (Å²) < 4.78 is 39.3. The van der Waals surface area contributed by atoms with Crippen LogP contribution in [0.25, 0.3) is 0 Å². The highest BCUT2D eigenvalue weighted by Crippen LogP contribution is 2.43. The number of aromatic nitrogens is 2. The lowest BCUT2D eigenvalue weighted by Gasteiger charge is -2.29. The first-order chi connectivity index (χ1) is 8.85. The molecule has 0 saturated carbocycles. The number of nitrogens with one attached hydrogen (secondary N) is 2. The second-order valence-electron chi connectivity index (χ2n) is 4.17. The molecule has 5 nitrogen and oxygen atoms in total. The lowest BCUT2D eigenvalue weighted by atomic mass is 9.85. The van der Waals surface area contributed by atoms with E-state index in [9.17, 15) is 18.0 Å². The van der Waals surface area contributed by atoms with Gasteiger partial charge in [0.1, 0.15) is 5.82 Å². The van der Waals surface area contributed by atoms with Crippen molar-refractivity contribution in [2.24, 2.45) is 5.41 Å². The van der Waals surface area contributed by atoms with Gasteiger partial charge in [-0.2, -0.15) is 13.2 Å². The minimum atomic E-state index is -4.63. The number of halogens is 4. The van der Waals surface area contributed by atoms with E-state index < -0.39 is 24.0 Å². The van der Waals surface area contributed by atoms with Gasteiger partial charge in [0.25, 0.3) is 0 Å². The molecule has 1 aliphatic heterocycles. The molecule has 0 bridgehead atoms. The van der Waals surface area contributed by atoms with Crippen LogP contribution in [0.3, 0.4) is 0 Å². The van der Waals surface area contributed by atoms with Gasteiger partial charge in [-0.15, -0.1) is 0 Å². The number of carbonyl (C=O) groups is 1. The summed E-state index contributed by atoms with van der Waals surface area (Å²) in [5.74, 6) is -1.19. The zero-order valence-corrected chi connectivity index (χ0v) is 10.3. The van der Waals surface area contributed by atoms with E-state index in [0.29, 0.717) is 0 Å². The van der Waals surface area contributed by atoms with Crippen molar-refractivity contribution in [1.29, 1.82) is 0 Å². The van der Waals surface area contributed by atoms with Crippen LogP contribution in [-0.4, -0.2) is 35.1 Å². The standard InChI is InChI=1S/C10H10ClF3N4O/c11-8-16-3-1-6(18-8)17-7(19)9(10(12,13)14)2-4-15-5-9/h1,3,15H,2,4-5H2,(H,16,17,18,19). The van der Waals surface area contributed by atoms with Gasteiger partial charge in [-0.05, 0) is 30.6 Å². The molecular weight excluding hydrogens is 285 g/mol. The SMILES string of the molecule is O=C(Nc1ccnc(Cl)n1)C1(C(F)(F)F)CCNC1. The summed E-state index contributed by atoms with van der Waals surface area (Å²) in [6, 6.07) is 1.27. The molecule has 2 N–H and O–H groups in total. The molecule has 1 fully saturated rings. The number of alkyl halides is 3. The quantitative estimate of drug-likeness (QED) is 0.813. The second-order valence-corrected chi connectivity index (χ2v) is 4.51. The molecule has 1 unspecified atom stereocenters. The number of anilines is 1. The number of nitrogens with zero attached hydrogens (tertiary/aromatic N) is 2. The summed E-state index contributed by atoms with van der Waals surface area (Å²) in [5.41, 5.74) is -2.43. The van der Waals surface area contributed by atoms with Gasteiger partial charge in [0, 0.05) is 12.7 Å². The maximum atomic E-state index is 13.1. The summed E-state index contributed by atoms with van der Waals surface area (Å²) in [4.78, 5) is 19.1. The van der Waals surface area contributed by atoms with Gasteiger partial charge in [0.2, 0.25) is 11.2 Å². The van der Waals surface area contributed by atoms with Crippen molar-refractivity contribution >= 4 is 23.3 Å². The fourth-order valence-corrected chi connectivity index (χ4v) is 2.04. The Morgan fingerprint density at radius 3 is 2.79 bits per heavy atom. The predicted octanol–water partition coefficient (Wildman–Crippen LogP) is 1.61. The maximum Gasteiger partial charge on any atom is 0.404 e. The summed E-state index contributed by atoms with van der Waals surface area (Å²) in [6.45, 7) is -0.307. The van der Waals surface area contributed by atoms with Crippen LogP contribution in [0.15, 0.2) is 12.3 Å². The first-order valence-corrected chi connectivity index (χ1v) is 5.80. The van der Waals surface area contributed by atoms with E-state index in [2.05, 4.69) is 20.6 Å². The zero-order chi connectivity index (χ0) is 14.1. The molecule has 2 rings (SSSR count). The van der Waals surface area contributed by atoms with Crippen molar-refractivity contribution in [3.63, 3.8) is 0 Å². The summed E-state index contributed by atoms with van der Waals surface area (Å²) >= 11 is 5.50. The molecule has 19 heavy (non-hydrogen) atoms. The van der Waals surface area contributed by atoms with Crippen molar-refractivity contribution < 1.29 is 18.0 Å². The van der Waals surface area contributed by atoms with Crippen LogP contribution in [-0.2, 0) is 4.79 Å². The Morgan fingerprint density at radius 1 is 1.53 bits per heavy atom. The summed E-state index contributed by atoms with van der Waals surface area (Å²) in [7, 11) is 0. The number of amides is 1. The molecule has 1 aliphatic rings. The first kappa shape index (κ1) is 14.0. The lowest BCUT2D eigenvalue weighted by Crippen LogP contribution is -2.49.